The molecule has 0 spiro atoms. The fourth-order valence-corrected chi connectivity index (χ4v) is 2.24. The van der Waals surface area contributed by atoms with Gasteiger partial charge in [0.05, 0.1) is 0 Å². The van der Waals surface area contributed by atoms with Crippen LogP contribution < -0.4 is 0 Å². The van der Waals surface area contributed by atoms with Gasteiger partial charge in [0.15, 0.2) is 5.78 Å². The normalized spacial score (nSPS) is 12.4. The van der Waals surface area contributed by atoms with E-state index in [0.29, 0.717) is 11.1 Å². The Morgan fingerprint density at radius 2 is 1.75 bits per heavy atom. The molecule has 0 amide bonds. The second kappa shape index (κ2) is 4.83. The minimum absolute atomic E-state index is 0.0862. The van der Waals surface area contributed by atoms with E-state index in [1.807, 2.05) is 24.3 Å². The van der Waals surface area contributed by atoms with Gasteiger partial charge >= 0.3 is 0 Å². The lowest BCUT2D eigenvalue weighted by atomic mass is 9.99. The van der Waals surface area contributed by atoms with Crippen molar-refractivity contribution in [3.63, 3.8) is 0 Å². The lowest BCUT2D eigenvalue weighted by molar-refractivity contribution is 0.0750. The number of hydrogen-bond donors (Lipinski definition) is 3. The Labute approximate surface area is 115 Å². The quantitative estimate of drug-likeness (QED) is 0.639. The molecule has 0 fully saturated rings. The molecule has 0 aliphatic heterocycles. The molecule has 4 nitrogen and oxygen atoms in total. The third-order valence-electron chi connectivity index (χ3n) is 3.32. The number of ketones is 1. The van der Waals surface area contributed by atoms with Crippen LogP contribution in [-0.4, -0.2) is 21.0 Å². The zero-order valence-electron chi connectivity index (χ0n) is 10.6. The maximum Gasteiger partial charge on any atom is 0.195 e. The Bertz CT molecular complexity index is 759. The highest BCUT2D eigenvalue weighted by atomic mass is 16.3. The summed E-state index contributed by atoms with van der Waals surface area (Å²) in [5.74, 6) is -0.308. The van der Waals surface area contributed by atoms with E-state index in [9.17, 15) is 15.0 Å². The van der Waals surface area contributed by atoms with E-state index < -0.39 is 11.9 Å². The molecule has 1 aromatic heterocycles. The van der Waals surface area contributed by atoms with Crippen molar-refractivity contribution in [3.8, 4) is 5.75 Å². The number of aromatic hydroxyl groups is 1. The van der Waals surface area contributed by atoms with Crippen molar-refractivity contribution >= 4 is 16.7 Å². The number of carbonyl (C=O) groups is 1. The fourth-order valence-electron chi connectivity index (χ4n) is 2.24. The molecule has 0 aliphatic carbocycles. The minimum Gasteiger partial charge on any atom is -0.508 e. The van der Waals surface area contributed by atoms with Gasteiger partial charge in [-0.2, -0.15) is 0 Å². The summed E-state index contributed by atoms with van der Waals surface area (Å²) < 4.78 is 0. The van der Waals surface area contributed by atoms with Gasteiger partial charge < -0.3 is 15.2 Å². The second-order valence-electron chi connectivity index (χ2n) is 4.60. The van der Waals surface area contributed by atoms with Crippen molar-refractivity contribution in [2.75, 3.05) is 0 Å². The van der Waals surface area contributed by atoms with Gasteiger partial charge in [0, 0.05) is 28.2 Å². The van der Waals surface area contributed by atoms with Gasteiger partial charge in [-0.15, -0.1) is 0 Å². The Kier molecular flexibility index (Phi) is 3.00. The molecule has 1 atom stereocenters. The van der Waals surface area contributed by atoms with Crippen LogP contribution in [0.2, 0.25) is 0 Å². The number of rotatable bonds is 3. The molecule has 0 radical (unpaired) electrons. The lowest BCUT2D eigenvalue weighted by Gasteiger charge is -2.09. The van der Waals surface area contributed by atoms with Crippen molar-refractivity contribution in [1.82, 2.24) is 4.98 Å². The van der Waals surface area contributed by atoms with E-state index in [2.05, 4.69) is 4.98 Å². The van der Waals surface area contributed by atoms with Crippen molar-refractivity contribution in [2.45, 2.75) is 6.10 Å². The lowest BCUT2D eigenvalue weighted by Crippen LogP contribution is -2.11. The van der Waals surface area contributed by atoms with Gasteiger partial charge in [0.1, 0.15) is 11.9 Å². The summed E-state index contributed by atoms with van der Waals surface area (Å²) in [5, 5.41) is 20.3. The summed E-state index contributed by atoms with van der Waals surface area (Å²) in [4.78, 5) is 15.3. The van der Waals surface area contributed by atoms with Gasteiger partial charge in [0.25, 0.3) is 0 Å². The summed E-state index contributed by atoms with van der Waals surface area (Å²) in [5.41, 5.74) is 1.79. The highest BCUT2D eigenvalue weighted by Crippen LogP contribution is 2.26. The Balaban J connectivity index is 1.97. The first-order valence-corrected chi connectivity index (χ1v) is 6.24. The highest BCUT2D eigenvalue weighted by molar-refractivity contribution is 6.02. The molecular weight excluding hydrogens is 254 g/mol. The predicted octanol–water partition coefficient (Wildman–Crippen LogP) is 2.79. The molecule has 1 heterocycles. The average Bonchev–Trinajstić information content (AvgIpc) is 2.90. The molecular formula is C16H13NO3. The summed E-state index contributed by atoms with van der Waals surface area (Å²) in [6.07, 6.45) is 0.420. The van der Waals surface area contributed by atoms with Crippen molar-refractivity contribution in [3.05, 3.63) is 65.9 Å². The van der Waals surface area contributed by atoms with Crippen molar-refractivity contribution in [2.24, 2.45) is 0 Å². The number of carbonyl (C=O) groups excluding carboxylic acids is 1. The number of Topliss-reactive ketones (excluding diaryl/α,β-unsaturated/α-hetero) is 1. The number of para-hydroxylation sites is 1. The number of phenols is 1. The number of phenolic OH excluding ortho intramolecular Hbond substituents is 1. The van der Waals surface area contributed by atoms with Gasteiger partial charge in [-0.05, 0) is 30.3 Å². The number of fused-ring (bicyclic) bond motifs is 1. The molecule has 3 aromatic rings. The molecule has 0 aliphatic rings. The number of aliphatic hydroxyl groups excluding tert-OH is 1. The third-order valence-corrected chi connectivity index (χ3v) is 3.32. The Morgan fingerprint density at radius 3 is 2.50 bits per heavy atom. The molecule has 20 heavy (non-hydrogen) atoms. The van der Waals surface area contributed by atoms with E-state index in [1.54, 1.807) is 6.20 Å². The summed E-state index contributed by atoms with van der Waals surface area (Å²) >= 11 is 0. The molecule has 0 saturated heterocycles. The van der Waals surface area contributed by atoms with Crippen LogP contribution in [0.3, 0.4) is 0 Å². The fraction of sp³-hybridized carbons (Fsp3) is 0.0625. The first kappa shape index (κ1) is 12.4. The Hall–Kier alpha value is -2.59. The maximum absolute atomic E-state index is 12.3. The molecule has 100 valence electrons. The molecule has 4 heteroatoms. The largest absolute Gasteiger partial charge is 0.508 e. The van der Waals surface area contributed by atoms with Crippen LogP contribution in [0.25, 0.3) is 10.9 Å². The number of aromatic amines is 1. The van der Waals surface area contributed by atoms with Gasteiger partial charge in [-0.3, -0.25) is 4.79 Å². The van der Waals surface area contributed by atoms with E-state index in [0.717, 1.165) is 10.9 Å². The molecule has 0 saturated carbocycles. The zero-order chi connectivity index (χ0) is 14.1. The highest BCUT2D eigenvalue weighted by Gasteiger charge is 2.21. The molecule has 0 bridgehead atoms. The first-order chi connectivity index (χ1) is 9.66. The van der Waals surface area contributed by atoms with Gasteiger partial charge in [-0.1, -0.05) is 18.2 Å². The monoisotopic (exact) mass is 267 g/mol. The maximum atomic E-state index is 12.3. The summed E-state index contributed by atoms with van der Waals surface area (Å²) in [6.45, 7) is 0. The number of aromatic nitrogens is 1. The smallest absolute Gasteiger partial charge is 0.195 e. The van der Waals surface area contributed by atoms with E-state index in [1.165, 1.54) is 24.3 Å². The molecule has 1 unspecified atom stereocenters. The first-order valence-electron chi connectivity index (χ1n) is 6.24. The number of hydrogen-bond acceptors (Lipinski definition) is 3. The van der Waals surface area contributed by atoms with Gasteiger partial charge in [-0.25, -0.2) is 0 Å². The predicted molar refractivity (Wildman–Crippen MR) is 75.7 cm³/mol. The van der Waals surface area contributed by atoms with Crippen LogP contribution in [0.4, 0.5) is 0 Å². The standard InChI is InChI=1S/C16H13NO3/c18-11-7-5-10(6-8-11)15(19)16(20)13-9-17-14-4-2-1-3-12(13)14/h1-9,16-18,20H. The average molecular weight is 267 g/mol. The van der Waals surface area contributed by atoms with Crippen LogP contribution >= 0.6 is 0 Å². The van der Waals surface area contributed by atoms with Crippen LogP contribution in [0.5, 0.6) is 5.75 Å². The van der Waals surface area contributed by atoms with E-state index in [-0.39, 0.29) is 5.75 Å². The van der Waals surface area contributed by atoms with Crippen LogP contribution in [0.15, 0.2) is 54.7 Å². The summed E-state index contributed by atoms with van der Waals surface area (Å²) in [7, 11) is 0. The van der Waals surface area contributed by atoms with Crippen molar-refractivity contribution < 1.29 is 15.0 Å². The van der Waals surface area contributed by atoms with E-state index >= 15 is 0 Å². The second-order valence-corrected chi connectivity index (χ2v) is 4.60. The topological polar surface area (TPSA) is 73.3 Å². The summed E-state index contributed by atoms with van der Waals surface area (Å²) in [6, 6.07) is 13.3. The number of nitrogens with one attached hydrogen (secondary N) is 1. The zero-order valence-corrected chi connectivity index (χ0v) is 10.6. The van der Waals surface area contributed by atoms with Crippen LogP contribution in [-0.2, 0) is 0 Å². The Morgan fingerprint density at radius 1 is 1.05 bits per heavy atom. The SMILES string of the molecule is O=C(c1ccc(O)cc1)C(O)c1c[nH]c2ccccc12. The minimum atomic E-state index is -1.23. The number of H-pyrrole nitrogens is 1. The number of benzene rings is 2. The molecule has 2 aromatic carbocycles. The van der Waals surface area contributed by atoms with Gasteiger partial charge in [0.2, 0.25) is 0 Å². The third kappa shape index (κ3) is 2.06. The number of aliphatic hydroxyl groups is 1. The van der Waals surface area contributed by atoms with Crippen LogP contribution in [0.1, 0.15) is 22.0 Å². The molecule has 3 rings (SSSR count). The van der Waals surface area contributed by atoms with E-state index in [4.69, 9.17) is 0 Å². The van der Waals surface area contributed by atoms with Crippen LogP contribution in [0, 0.1) is 0 Å². The van der Waals surface area contributed by atoms with Crippen molar-refractivity contribution in [1.29, 1.82) is 0 Å². The molecule has 3 N–H and O–H groups in total.